The first kappa shape index (κ1) is 16.5. The zero-order chi connectivity index (χ0) is 16.1. The number of nitrogens with zero attached hydrogens (tertiary/aromatic N) is 2. The minimum absolute atomic E-state index is 0.941. The molecule has 0 atom stereocenters. The smallest absolute Gasteiger partial charge is 0.119 e. The van der Waals surface area contributed by atoms with Crippen LogP contribution in [-0.4, -0.2) is 43.1 Å². The molecule has 0 aliphatic carbocycles. The fourth-order valence-electron chi connectivity index (χ4n) is 2.98. The van der Waals surface area contributed by atoms with E-state index in [1.54, 1.807) is 7.11 Å². The summed E-state index contributed by atoms with van der Waals surface area (Å²) in [5.41, 5.74) is 2.71. The first-order chi connectivity index (χ1) is 11.2. The lowest BCUT2D eigenvalue weighted by molar-refractivity contribution is 0.122. The van der Waals surface area contributed by atoms with Crippen LogP contribution in [0.3, 0.4) is 0 Å². The molecule has 122 valence electrons. The average Bonchev–Trinajstić information content (AvgIpc) is 2.59. The Bertz CT molecular complexity index is 622. The van der Waals surface area contributed by atoms with Crippen LogP contribution in [0.2, 0.25) is 0 Å². The maximum Gasteiger partial charge on any atom is 0.119 e. The summed E-state index contributed by atoms with van der Waals surface area (Å²) >= 11 is 3.49. The van der Waals surface area contributed by atoms with Gasteiger partial charge in [-0.2, -0.15) is 0 Å². The van der Waals surface area contributed by atoms with Crippen LogP contribution in [0, 0.1) is 0 Å². The van der Waals surface area contributed by atoms with Gasteiger partial charge in [0.25, 0.3) is 0 Å². The first-order valence-corrected chi connectivity index (χ1v) is 8.84. The third-order valence-electron chi connectivity index (χ3n) is 4.32. The summed E-state index contributed by atoms with van der Waals surface area (Å²) in [5.74, 6) is 0.941. The minimum atomic E-state index is 0.941. The second kappa shape index (κ2) is 7.95. The molecule has 0 saturated carbocycles. The molecule has 0 radical (unpaired) electrons. The third-order valence-corrected chi connectivity index (χ3v) is 4.85. The second-order valence-corrected chi connectivity index (χ2v) is 6.95. The Labute approximate surface area is 147 Å². The number of hydrogen-bond donors (Lipinski definition) is 0. The molecule has 1 aliphatic heterocycles. The number of rotatable bonds is 5. The van der Waals surface area contributed by atoms with E-state index in [-0.39, 0.29) is 0 Å². The van der Waals surface area contributed by atoms with Crippen LogP contribution in [0.4, 0.5) is 0 Å². The van der Waals surface area contributed by atoms with Crippen LogP contribution < -0.4 is 4.74 Å². The SMILES string of the molecule is COc1cccc(CN2CCN(Cc3ccc(Br)cc3)CC2)c1. The standard InChI is InChI=1S/C19H23BrN2O/c1-23-19-4-2-3-17(13-19)15-22-11-9-21(10-12-22)14-16-5-7-18(20)8-6-16/h2-8,13H,9-12,14-15H2,1H3. The van der Waals surface area contributed by atoms with Gasteiger partial charge in [0.2, 0.25) is 0 Å². The molecule has 1 aliphatic rings. The first-order valence-electron chi connectivity index (χ1n) is 8.05. The number of piperazine rings is 1. The van der Waals surface area contributed by atoms with E-state index in [0.717, 1.165) is 49.5 Å². The van der Waals surface area contributed by atoms with Gasteiger partial charge in [-0.05, 0) is 35.4 Å². The van der Waals surface area contributed by atoms with E-state index in [0.29, 0.717) is 0 Å². The summed E-state index contributed by atoms with van der Waals surface area (Å²) in [6.07, 6.45) is 0. The summed E-state index contributed by atoms with van der Waals surface area (Å²) < 4.78 is 6.45. The van der Waals surface area contributed by atoms with Crippen molar-refractivity contribution in [3.05, 3.63) is 64.1 Å². The van der Waals surface area contributed by atoms with Crippen molar-refractivity contribution in [2.45, 2.75) is 13.1 Å². The highest BCUT2D eigenvalue weighted by molar-refractivity contribution is 9.10. The molecule has 2 aromatic carbocycles. The van der Waals surface area contributed by atoms with E-state index >= 15 is 0 Å². The van der Waals surface area contributed by atoms with Gasteiger partial charge >= 0.3 is 0 Å². The number of hydrogen-bond acceptors (Lipinski definition) is 3. The molecule has 1 saturated heterocycles. The Hall–Kier alpha value is -1.36. The predicted molar refractivity (Wildman–Crippen MR) is 97.7 cm³/mol. The number of ether oxygens (including phenoxy) is 1. The van der Waals surface area contributed by atoms with Crippen molar-refractivity contribution < 1.29 is 4.74 Å². The van der Waals surface area contributed by atoms with E-state index in [4.69, 9.17) is 4.74 Å². The van der Waals surface area contributed by atoms with Crippen molar-refractivity contribution in [3.63, 3.8) is 0 Å². The van der Waals surface area contributed by atoms with Crippen molar-refractivity contribution in [2.75, 3.05) is 33.3 Å². The Morgan fingerprint density at radius 1 is 0.870 bits per heavy atom. The molecule has 0 amide bonds. The Morgan fingerprint density at radius 2 is 1.48 bits per heavy atom. The largest absolute Gasteiger partial charge is 0.497 e. The molecule has 0 bridgehead atoms. The number of benzene rings is 2. The van der Waals surface area contributed by atoms with Crippen molar-refractivity contribution in [1.29, 1.82) is 0 Å². The van der Waals surface area contributed by atoms with Gasteiger partial charge in [0.15, 0.2) is 0 Å². The number of halogens is 1. The molecule has 1 heterocycles. The van der Waals surface area contributed by atoms with Gasteiger partial charge in [-0.25, -0.2) is 0 Å². The van der Waals surface area contributed by atoms with E-state index in [9.17, 15) is 0 Å². The molecule has 0 N–H and O–H groups in total. The lowest BCUT2D eigenvalue weighted by atomic mass is 10.1. The van der Waals surface area contributed by atoms with Crippen molar-refractivity contribution in [3.8, 4) is 5.75 Å². The van der Waals surface area contributed by atoms with Crippen LogP contribution in [0.25, 0.3) is 0 Å². The van der Waals surface area contributed by atoms with E-state index in [2.05, 4.69) is 68.2 Å². The van der Waals surface area contributed by atoms with E-state index in [1.807, 2.05) is 6.07 Å². The second-order valence-electron chi connectivity index (χ2n) is 6.03. The maximum absolute atomic E-state index is 5.31. The molecule has 23 heavy (non-hydrogen) atoms. The molecular formula is C19H23BrN2O. The van der Waals surface area contributed by atoms with Gasteiger partial charge in [0, 0.05) is 43.7 Å². The molecule has 0 unspecified atom stereocenters. The average molecular weight is 375 g/mol. The van der Waals surface area contributed by atoms with Gasteiger partial charge in [-0.15, -0.1) is 0 Å². The van der Waals surface area contributed by atoms with Gasteiger partial charge in [-0.1, -0.05) is 40.2 Å². The van der Waals surface area contributed by atoms with Crippen LogP contribution >= 0.6 is 15.9 Å². The third kappa shape index (κ3) is 4.80. The molecule has 2 aromatic rings. The summed E-state index contributed by atoms with van der Waals surface area (Å²) in [7, 11) is 1.72. The number of methoxy groups -OCH3 is 1. The monoisotopic (exact) mass is 374 g/mol. The fourth-order valence-corrected chi connectivity index (χ4v) is 3.25. The van der Waals surface area contributed by atoms with Gasteiger partial charge < -0.3 is 4.74 Å². The zero-order valence-electron chi connectivity index (χ0n) is 13.5. The molecule has 0 aromatic heterocycles. The summed E-state index contributed by atoms with van der Waals surface area (Å²) in [4.78, 5) is 5.05. The lowest BCUT2D eigenvalue weighted by Crippen LogP contribution is -2.45. The van der Waals surface area contributed by atoms with Crippen molar-refractivity contribution in [1.82, 2.24) is 9.80 Å². The molecule has 1 fully saturated rings. The lowest BCUT2D eigenvalue weighted by Gasteiger charge is -2.34. The normalized spacial score (nSPS) is 16.4. The zero-order valence-corrected chi connectivity index (χ0v) is 15.1. The highest BCUT2D eigenvalue weighted by atomic mass is 79.9. The molecule has 3 nitrogen and oxygen atoms in total. The predicted octanol–water partition coefficient (Wildman–Crippen LogP) is 3.78. The van der Waals surface area contributed by atoms with Gasteiger partial charge in [0.1, 0.15) is 5.75 Å². The Balaban J connectivity index is 1.49. The van der Waals surface area contributed by atoms with Crippen LogP contribution in [0.5, 0.6) is 5.75 Å². The highest BCUT2D eigenvalue weighted by Gasteiger charge is 2.17. The fraction of sp³-hybridized carbons (Fsp3) is 0.368. The van der Waals surface area contributed by atoms with E-state index < -0.39 is 0 Å². The van der Waals surface area contributed by atoms with Crippen LogP contribution in [0.15, 0.2) is 53.0 Å². The minimum Gasteiger partial charge on any atom is -0.497 e. The quantitative estimate of drug-likeness (QED) is 0.791. The molecule has 4 heteroatoms. The van der Waals surface area contributed by atoms with Gasteiger partial charge in [-0.3, -0.25) is 9.80 Å². The molecule has 0 spiro atoms. The highest BCUT2D eigenvalue weighted by Crippen LogP contribution is 2.17. The molecular weight excluding hydrogens is 352 g/mol. The Morgan fingerprint density at radius 3 is 2.09 bits per heavy atom. The van der Waals surface area contributed by atoms with Gasteiger partial charge in [0.05, 0.1) is 7.11 Å². The van der Waals surface area contributed by atoms with Crippen LogP contribution in [-0.2, 0) is 13.1 Å². The van der Waals surface area contributed by atoms with Crippen molar-refractivity contribution >= 4 is 15.9 Å². The molecule has 3 rings (SSSR count). The topological polar surface area (TPSA) is 15.7 Å². The van der Waals surface area contributed by atoms with E-state index in [1.165, 1.54) is 11.1 Å². The maximum atomic E-state index is 5.31. The summed E-state index contributed by atoms with van der Waals surface area (Å²) in [6, 6.07) is 17.0. The summed E-state index contributed by atoms with van der Waals surface area (Å²) in [5, 5.41) is 0. The Kier molecular flexibility index (Phi) is 5.70. The summed E-state index contributed by atoms with van der Waals surface area (Å²) in [6.45, 7) is 6.53. The van der Waals surface area contributed by atoms with Crippen LogP contribution in [0.1, 0.15) is 11.1 Å². The van der Waals surface area contributed by atoms with Crippen molar-refractivity contribution in [2.24, 2.45) is 0 Å².